The van der Waals surface area contributed by atoms with Gasteiger partial charge >= 0.3 is 0 Å². The molecule has 0 saturated carbocycles. The SMILES string of the molecule is CCN1CCCC1CNC(N)=NCC1CCN(C)CC1. The van der Waals surface area contributed by atoms with Crippen molar-refractivity contribution in [2.45, 2.75) is 38.6 Å². The third-order valence-corrected chi connectivity index (χ3v) is 4.78. The average Bonchev–Trinajstić information content (AvgIpc) is 2.92. The molecule has 3 N–H and O–H groups in total. The van der Waals surface area contributed by atoms with E-state index < -0.39 is 0 Å². The molecule has 2 heterocycles. The van der Waals surface area contributed by atoms with Gasteiger partial charge in [0, 0.05) is 19.1 Å². The van der Waals surface area contributed by atoms with Crippen molar-refractivity contribution in [3.05, 3.63) is 0 Å². The van der Waals surface area contributed by atoms with Crippen molar-refractivity contribution in [2.75, 3.05) is 46.3 Å². The number of aliphatic imine (C=N–C) groups is 1. The number of hydrogen-bond donors (Lipinski definition) is 2. The van der Waals surface area contributed by atoms with Gasteiger partial charge in [0.05, 0.1) is 0 Å². The maximum Gasteiger partial charge on any atom is 0.188 e. The highest BCUT2D eigenvalue weighted by Crippen LogP contribution is 2.16. The minimum absolute atomic E-state index is 0.631. The first-order chi connectivity index (χ1) is 9.69. The minimum atomic E-state index is 0.631. The van der Waals surface area contributed by atoms with E-state index in [9.17, 15) is 0 Å². The van der Waals surface area contributed by atoms with Gasteiger partial charge in [0.15, 0.2) is 5.96 Å². The number of likely N-dealkylation sites (N-methyl/N-ethyl adjacent to an activating group) is 1. The van der Waals surface area contributed by atoms with Gasteiger partial charge in [0.1, 0.15) is 0 Å². The molecule has 0 aromatic rings. The second-order valence-electron chi connectivity index (χ2n) is 6.28. The number of piperidine rings is 1. The third kappa shape index (κ3) is 4.63. The zero-order valence-electron chi connectivity index (χ0n) is 13.1. The van der Waals surface area contributed by atoms with Crippen LogP contribution < -0.4 is 11.1 Å². The smallest absolute Gasteiger partial charge is 0.188 e. The third-order valence-electron chi connectivity index (χ3n) is 4.78. The summed E-state index contributed by atoms with van der Waals surface area (Å²) in [6, 6.07) is 0.636. The molecule has 0 spiro atoms. The molecule has 20 heavy (non-hydrogen) atoms. The lowest BCUT2D eigenvalue weighted by molar-refractivity contribution is 0.223. The van der Waals surface area contributed by atoms with Crippen molar-refractivity contribution in [3.63, 3.8) is 0 Å². The summed E-state index contributed by atoms with van der Waals surface area (Å²) in [6.07, 6.45) is 5.09. The Morgan fingerprint density at radius 2 is 2.00 bits per heavy atom. The summed E-state index contributed by atoms with van der Waals surface area (Å²) in [5.74, 6) is 1.34. The van der Waals surface area contributed by atoms with Crippen molar-refractivity contribution < 1.29 is 0 Å². The van der Waals surface area contributed by atoms with E-state index in [0.29, 0.717) is 17.9 Å². The van der Waals surface area contributed by atoms with Gasteiger partial charge in [-0.05, 0) is 64.8 Å². The molecule has 116 valence electrons. The zero-order chi connectivity index (χ0) is 14.4. The molecule has 0 bridgehead atoms. The number of hydrogen-bond acceptors (Lipinski definition) is 3. The van der Waals surface area contributed by atoms with Crippen LogP contribution in [0.5, 0.6) is 0 Å². The summed E-state index contributed by atoms with van der Waals surface area (Å²) in [7, 11) is 2.19. The van der Waals surface area contributed by atoms with Crippen LogP contribution in [0.15, 0.2) is 4.99 Å². The zero-order valence-corrected chi connectivity index (χ0v) is 13.1. The van der Waals surface area contributed by atoms with Crippen LogP contribution in [0.4, 0.5) is 0 Å². The van der Waals surface area contributed by atoms with Crippen LogP contribution in [-0.2, 0) is 0 Å². The van der Waals surface area contributed by atoms with Crippen molar-refractivity contribution in [3.8, 4) is 0 Å². The fourth-order valence-electron chi connectivity index (χ4n) is 3.29. The van der Waals surface area contributed by atoms with Crippen LogP contribution >= 0.6 is 0 Å². The summed E-state index contributed by atoms with van der Waals surface area (Å²) >= 11 is 0. The Kier molecular flexibility index (Phi) is 6.10. The molecule has 0 aromatic heterocycles. The summed E-state index contributed by atoms with van der Waals surface area (Å²) in [5, 5.41) is 3.31. The van der Waals surface area contributed by atoms with Crippen LogP contribution in [-0.4, -0.2) is 68.1 Å². The van der Waals surface area contributed by atoms with Crippen molar-refractivity contribution in [1.82, 2.24) is 15.1 Å². The predicted octanol–water partition coefficient (Wildman–Crippen LogP) is 0.717. The summed E-state index contributed by atoms with van der Waals surface area (Å²) in [5.41, 5.74) is 5.99. The van der Waals surface area contributed by atoms with Crippen LogP contribution in [0.2, 0.25) is 0 Å². The molecule has 2 aliphatic heterocycles. The van der Waals surface area contributed by atoms with Crippen molar-refractivity contribution in [2.24, 2.45) is 16.6 Å². The maximum absolute atomic E-state index is 5.99. The van der Waals surface area contributed by atoms with E-state index in [1.165, 1.54) is 45.3 Å². The Balaban J connectivity index is 1.66. The van der Waals surface area contributed by atoms with Crippen molar-refractivity contribution in [1.29, 1.82) is 0 Å². The van der Waals surface area contributed by atoms with Gasteiger partial charge in [0.25, 0.3) is 0 Å². The number of likely N-dealkylation sites (tertiary alicyclic amines) is 2. The Morgan fingerprint density at radius 3 is 2.70 bits per heavy atom. The molecule has 0 aliphatic carbocycles. The molecule has 2 saturated heterocycles. The highest BCUT2D eigenvalue weighted by atomic mass is 15.2. The van der Waals surface area contributed by atoms with E-state index >= 15 is 0 Å². The van der Waals surface area contributed by atoms with Gasteiger partial charge in [0.2, 0.25) is 0 Å². The quantitative estimate of drug-likeness (QED) is 0.576. The lowest BCUT2D eigenvalue weighted by Crippen LogP contribution is -2.43. The topological polar surface area (TPSA) is 56.9 Å². The van der Waals surface area contributed by atoms with Crippen LogP contribution in [0.1, 0.15) is 32.6 Å². The van der Waals surface area contributed by atoms with Gasteiger partial charge < -0.3 is 16.0 Å². The van der Waals surface area contributed by atoms with Gasteiger partial charge in [-0.2, -0.15) is 0 Å². The minimum Gasteiger partial charge on any atom is -0.370 e. The molecular weight excluding hydrogens is 250 g/mol. The molecule has 1 unspecified atom stereocenters. The molecule has 5 heteroatoms. The van der Waals surface area contributed by atoms with Gasteiger partial charge in [-0.3, -0.25) is 9.89 Å². The van der Waals surface area contributed by atoms with Crippen LogP contribution in [0, 0.1) is 5.92 Å². The first kappa shape index (κ1) is 15.6. The first-order valence-electron chi connectivity index (χ1n) is 8.15. The standard InChI is InChI=1S/C15H31N5/c1-3-20-8-4-5-14(20)12-18-15(16)17-11-13-6-9-19(2)10-7-13/h13-14H,3-12H2,1-2H3,(H3,16,17,18). The van der Waals surface area contributed by atoms with Gasteiger partial charge in [-0.25, -0.2) is 0 Å². The van der Waals surface area contributed by atoms with E-state index in [2.05, 4.69) is 34.1 Å². The molecule has 2 aliphatic rings. The molecule has 5 nitrogen and oxygen atoms in total. The highest BCUT2D eigenvalue weighted by Gasteiger charge is 2.22. The van der Waals surface area contributed by atoms with E-state index in [1.807, 2.05) is 0 Å². The molecule has 2 rings (SSSR count). The summed E-state index contributed by atoms with van der Waals surface area (Å²) in [6.45, 7) is 8.82. The number of nitrogens with zero attached hydrogens (tertiary/aromatic N) is 3. The number of nitrogens with two attached hydrogens (primary N) is 1. The summed E-state index contributed by atoms with van der Waals surface area (Å²) in [4.78, 5) is 9.45. The van der Waals surface area contributed by atoms with Crippen LogP contribution in [0.25, 0.3) is 0 Å². The van der Waals surface area contributed by atoms with E-state index in [0.717, 1.165) is 19.6 Å². The van der Waals surface area contributed by atoms with E-state index in [1.54, 1.807) is 0 Å². The number of rotatable bonds is 5. The fourth-order valence-corrected chi connectivity index (χ4v) is 3.29. The average molecular weight is 281 g/mol. The molecule has 0 aromatic carbocycles. The van der Waals surface area contributed by atoms with Crippen molar-refractivity contribution >= 4 is 5.96 Å². The normalized spacial score (nSPS) is 27.1. The lowest BCUT2D eigenvalue weighted by Gasteiger charge is -2.28. The molecule has 2 fully saturated rings. The largest absolute Gasteiger partial charge is 0.370 e. The first-order valence-corrected chi connectivity index (χ1v) is 8.15. The van der Waals surface area contributed by atoms with Crippen LogP contribution in [0.3, 0.4) is 0 Å². The number of nitrogens with one attached hydrogen (secondary N) is 1. The number of guanidine groups is 1. The Hall–Kier alpha value is -0.810. The van der Waals surface area contributed by atoms with Gasteiger partial charge in [-0.15, -0.1) is 0 Å². The molecule has 1 atom stereocenters. The predicted molar refractivity (Wildman–Crippen MR) is 85.0 cm³/mol. The molecule has 0 amide bonds. The van der Waals surface area contributed by atoms with Gasteiger partial charge in [-0.1, -0.05) is 6.92 Å². The summed E-state index contributed by atoms with van der Waals surface area (Å²) < 4.78 is 0. The molecule has 0 radical (unpaired) electrons. The lowest BCUT2D eigenvalue weighted by atomic mass is 9.97. The molecular formula is C15H31N5. The van der Waals surface area contributed by atoms with E-state index in [-0.39, 0.29) is 0 Å². The Morgan fingerprint density at radius 1 is 1.25 bits per heavy atom. The Labute approximate surface area is 123 Å². The Bertz CT molecular complexity index is 309. The monoisotopic (exact) mass is 281 g/mol. The van der Waals surface area contributed by atoms with E-state index in [4.69, 9.17) is 5.73 Å². The second kappa shape index (κ2) is 7.84. The maximum atomic E-state index is 5.99. The second-order valence-corrected chi connectivity index (χ2v) is 6.28. The highest BCUT2D eigenvalue weighted by molar-refractivity contribution is 5.77. The fraction of sp³-hybridized carbons (Fsp3) is 0.933.